The third-order valence-electron chi connectivity index (χ3n) is 7.18. The molecule has 5 rings (SSSR count). The van der Waals surface area contributed by atoms with E-state index in [1.165, 1.54) is 73.6 Å². The van der Waals surface area contributed by atoms with Crippen LogP contribution in [0.15, 0.2) is 36.4 Å². The quantitative estimate of drug-likeness (QED) is 0.594. The summed E-state index contributed by atoms with van der Waals surface area (Å²) in [6.45, 7) is 0.794. The van der Waals surface area contributed by atoms with Gasteiger partial charge in [0, 0.05) is 13.0 Å². The maximum absolute atomic E-state index is 5.67. The Kier molecular flexibility index (Phi) is 4.36. The first-order valence-corrected chi connectivity index (χ1v) is 10.6. The zero-order valence-electron chi connectivity index (χ0n) is 16.0. The molecule has 0 aliphatic heterocycles. The van der Waals surface area contributed by atoms with Crippen LogP contribution in [0.25, 0.3) is 11.1 Å². The Labute approximate surface area is 157 Å². The lowest BCUT2D eigenvalue weighted by Gasteiger charge is -2.17. The molecule has 26 heavy (non-hydrogen) atoms. The van der Waals surface area contributed by atoms with Gasteiger partial charge in [0.05, 0.1) is 6.61 Å². The number of ether oxygens (including phenoxy) is 1. The van der Waals surface area contributed by atoms with Gasteiger partial charge in [-0.05, 0) is 70.9 Å². The van der Waals surface area contributed by atoms with E-state index in [1.54, 1.807) is 11.1 Å². The van der Waals surface area contributed by atoms with Gasteiger partial charge in [-0.15, -0.1) is 0 Å². The lowest BCUT2D eigenvalue weighted by molar-refractivity contribution is 0.190. The van der Waals surface area contributed by atoms with Crippen molar-refractivity contribution < 1.29 is 4.74 Å². The third-order valence-corrected chi connectivity index (χ3v) is 7.18. The Hall–Kier alpha value is -1.60. The van der Waals surface area contributed by atoms with Gasteiger partial charge >= 0.3 is 0 Å². The zero-order valence-corrected chi connectivity index (χ0v) is 16.0. The van der Waals surface area contributed by atoms with Crippen LogP contribution in [0.1, 0.15) is 91.4 Å². The summed E-state index contributed by atoms with van der Waals surface area (Å²) in [5.74, 6) is 1.97. The van der Waals surface area contributed by atoms with E-state index in [9.17, 15) is 0 Å². The summed E-state index contributed by atoms with van der Waals surface area (Å²) in [7, 11) is 1.85. The molecule has 1 heteroatoms. The molecule has 0 unspecified atom stereocenters. The van der Waals surface area contributed by atoms with Crippen molar-refractivity contribution in [1.82, 2.24) is 0 Å². The van der Waals surface area contributed by atoms with E-state index in [4.69, 9.17) is 4.74 Å². The van der Waals surface area contributed by atoms with E-state index in [0.29, 0.717) is 5.92 Å². The molecule has 0 bridgehead atoms. The lowest BCUT2D eigenvalue weighted by atomic mass is 9.90. The van der Waals surface area contributed by atoms with E-state index < -0.39 is 0 Å². The lowest BCUT2D eigenvalue weighted by Crippen LogP contribution is -2.06. The van der Waals surface area contributed by atoms with Crippen LogP contribution in [0.3, 0.4) is 0 Å². The van der Waals surface area contributed by atoms with Gasteiger partial charge in [-0.1, -0.05) is 62.1 Å². The number of methoxy groups -OCH3 is 1. The Morgan fingerprint density at radius 1 is 0.731 bits per heavy atom. The first-order valence-electron chi connectivity index (χ1n) is 10.6. The minimum atomic E-state index is 0.410. The molecule has 136 valence electrons. The molecule has 0 aromatic heterocycles. The van der Waals surface area contributed by atoms with Crippen LogP contribution in [0.4, 0.5) is 0 Å². The SMILES string of the molecule is COCC1c2cc(C3CCCC3)ccc2-c2ccc(C3CCCC3)cc21. The molecule has 0 heterocycles. The minimum Gasteiger partial charge on any atom is -0.384 e. The molecule has 2 saturated carbocycles. The first kappa shape index (κ1) is 16.6. The van der Waals surface area contributed by atoms with Crippen molar-refractivity contribution in [3.05, 3.63) is 58.7 Å². The van der Waals surface area contributed by atoms with Crippen LogP contribution >= 0.6 is 0 Å². The topological polar surface area (TPSA) is 9.23 Å². The highest BCUT2D eigenvalue weighted by atomic mass is 16.5. The summed E-state index contributed by atoms with van der Waals surface area (Å²) in [4.78, 5) is 0. The van der Waals surface area contributed by atoms with Crippen molar-refractivity contribution >= 4 is 0 Å². The van der Waals surface area contributed by atoms with Crippen LogP contribution in [0.5, 0.6) is 0 Å². The monoisotopic (exact) mass is 346 g/mol. The molecule has 0 spiro atoms. The van der Waals surface area contributed by atoms with Crippen molar-refractivity contribution in [3.8, 4) is 11.1 Å². The van der Waals surface area contributed by atoms with Crippen LogP contribution < -0.4 is 0 Å². The Morgan fingerprint density at radius 3 is 1.62 bits per heavy atom. The summed E-state index contributed by atoms with van der Waals surface area (Å²) in [5, 5.41) is 0. The second-order valence-electron chi connectivity index (χ2n) is 8.66. The van der Waals surface area contributed by atoms with Crippen LogP contribution in [0, 0.1) is 0 Å². The summed E-state index contributed by atoms with van der Waals surface area (Å²) in [6.07, 6.45) is 11.1. The smallest absolute Gasteiger partial charge is 0.0572 e. The van der Waals surface area contributed by atoms with Gasteiger partial charge in [-0.25, -0.2) is 0 Å². The Balaban J connectivity index is 1.55. The summed E-state index contributed by atoms with van der Waals surface area (Å²) in [6, 6.07) is 14.6. The Bertz CT molecular complexity index is 728. The van der Waals surface area contributed by atoms with E-state index in [0.717, 1.165) is 18.4 Å². The average Bonchev–Trinajstić information content (AvgIpc) is 3.43. The second kappa shape index (κ2) is 6.85. The maximum atomic E-state index is 5.67. The molecule has 1 nitrogen and oxygen atoms in total. The summed E-state index contributed by atoms with van der Waals surface area (Å²) in [5.41, 5.74) is 9.03. The van der Waals surface area contributed by atoms with Gasteiger partial charge in [0.25, 0.3) is 0 Å². The minimum absolute atomic E-state index is 0.410. The van der Waals surface area contributed by atoms with Crippen molar-refractivity contribution in [2.24, 2.45) is 0 Å². The molecule has 0 amide bonds. The molecular formula is C25H30O. The highest BCUT2D eigenvalue weighted by Gasteiger charge is 2.31. The van der Waals surface area contributed by atoms with Crippen LogP contribution in [0.2, 0.25) is 0 Å². The molecule has 2 aromatic carbocycles. The highest BCUT2D eigenvalue weighted by molar-refractivity contribution is 5.79. The molecular weight excluding hydrogens is 316 g/mol. The van der Waals surface area contributed by atoms with Gasteiger partial charge in [-0.2, -0.15) is 0 Å². The van der Waals surface area contributed by atoms with E-state index in [1.807, 2.05) is 7.11 Å². The number of hydrogen-bond donors (Lipinski definition) is 0. The second-order valence-corrected chi connectivity index (χ2v) is 8.66. The number of benzene rings is 2. The van der Waals surface area contributed by atoms with Gasteiger partial charge in [0.1, 0.15) is 0 Å². The largest absolute Gasteiger partial charge is 0.384 e. The van der Waals surface area contributed by atoms with Gasteiger partial charge in [0.15, 0.2) is 0 Å². The molecule has 0 saturated heterocycles. The third kappa shape index (κ3) is 2.72. The average molecular weight is 347 g/mol. The van der Waals surface area contributed by atoms with Crippen molar-refractivity contribution in [2.45, 2.75) is 69.1 Å². The van der Waals surface area contributed by atoms with Crippen molar-refractivity contribution in [1.29, 1.82) is 0 Å². The number of fused-ring (bicyclic) bond motifs is 3. The standard InChI is InChI=1S/C25H30O/c1-26-16-25-23-14-19(17-6-2-3-7-17)10-12-21(23)22-13-11-20(15-24(22)25)18-8-4-5-9-18/h10-15,17-18,25H,2-9,16H2,1H3. The van der Waals surface area contributed by atoms with Crippen molar-refractivity contribution in [2.75, 3.05) is 13.7 Å². The van der Waals surface area contributed by atoms with Crippen LogP contribution in [-0.2, 0) is 4.74 Å². The van der Waals surface area contributed by atoms with E-state index in [-0.39, 0.29) is 0 Å². The number of hydrogen-bond acceptors (Lipinski definition) is 1. The predicted octanol–water partition coefficient (Wildman–Crippen LogP) is 6.76. The summed E-state index contributed by atoms with van der Waals surface area (Å²) < 4.78 is 5.67. The molecule has 2 fully saturated rings. The highest BCUT2D eigenvalue weighted by Crippen LogP contribution is 2.48. The fourth-order valence-electron chi connectivity index (χ4n) is 5.77. The van der Waals surface area contributed by atoms with E-state index >= 15 is 0 Å². The van der Waals surface area contributed by atoms with Crippen LogP contribution in [-0.4, -0.2) is 13.7 Å². The molecule has 3 aliphatic rings. The van der Waals surface area contributed by atoms with Gasteiger partial charge in [-0.3, -0.25) is 0 Å². The van der Waals surface area contributed by atoms with Gasteiger partial charge < -0.3 is 4.74 Å². The predicted molar refractivity (Wildman–Crippen MR) is 108 cm³/mol. The molecule has 2 aromatic rings. The van der Waals surface area contributed by atoms with E-state index in [2.05, 4.69) is 36.4 Å². The maximum Gasteiger partial charge on any atom is 0.0572 e. The molecule has 3 aliphatic carbocycles. The summed E-state index contributed by atoms with van der Waals surface area (Å²) >= 11 is 0. The fourth-order valence-corrected chi connectivity index (χ4v) is 5.77. The first-order chi connectivity index (χ1) is 12.8. The normalized spacial score (nSPS) is 20.7. The molecule has 0 radical (unpaired) electrons. The fraction of sp³-hybridized carbons (Fsp3) is 0.520. The Morgan fingerprint density at radius 2 is 1.19 bits per heavy atom. The number of rotatable bonds is 4. The molecule has 0 atom stereocenters. The van der Waals surface area contributed by atoms with Gasteiger partial charge in [0.2, 0.25) is 0 Å². The zero-order chi connectivity index (χ0) is 17.5. The van der Waals surface area contributed by atoms with Crippen molar-refractivity contribution in [3.63, 3.8) is 0 Å². The molecule has 0 N–H and O–H groups in total.